The highest BCUT2D eigenvalue weighted by Crippen LogP contribution is 2.30. The normalized spacial score (nSPS) is 17.7. The van der Waals surface area contributed by atoms with Crippen molar-refractivity contribution in [2.24, 2.45) is 5.92 Å². The first-order valence-electron chi connectivity index (χ1n) is 6.65. The van der Waals surface area contributed by atoms with Gasteiger partial charge in [0.2, 0.25) is 10.0 Å². The quantitative estimate of drug-likeness (QED) is 0.895. The molecule has 0 unspecified atom stereocenters. The van der Waals surface area contributed by atoms with Crippen molar-refractivity contribution in [2.75, 3.05) is 23.6 Å². The molecule has 1 fully saturated rings. The maximum Gasteiger partial charge on any atom is 0.416 e. The molecule has 0 radical (unpaired) electrons. The van der Waals surface area contributed by atoms with Crippen molar-refractivity contribution in [2.45, 2.75) is 19.0 Å². The molecule has 0 bridgehead atoms. The molecule has 0 aliphatic carbocycles. The Kier molecular flexibility index (Phi) is 4.77. The van der Waals surface area contributed by atoms with Crippen LogP contribution in [0.15, 0.2) is 24.3 Å². The van der Waals surface area contributed by atoms with Crippen molar-refractivity contribution in [3.05, 3.63) is 29.8 Å². The van der Waals surface area contributed by atoms with Crippen molar-refractivity contribution in [3.8, 4) is 0 Å². The molecule has 4 nitrogen and oxygen atoms in total. The second-order valence-electron chi connectivity index (χ2n) is 5.15. The van der Waals surface area contributed by atoms with Crippen molar-refractivity contribution < 1.29 is 21.6 Å². The molecule has 1 aliphatic rings. The Hall–Kier alpha value is -1.28. The highest BCUT2D eigenvalue weighted by molar-refractivity contribution is 7.92. The van der Waals surface area contributed by atoms with E-state index in [-0.39, 0.29) is 17.4 Å². The Morgan fingerprint density at radius 3 is 2.24 bits per heavy atom. The van der Waals surface area contributed by atoms with E-state index in [1.165, 1.54) is 0 Å². The smallest absolute Gasteiger partial charge is 0.317 e. The lowest BCUT2D eigenvalue weighted by atomic mass is 10.0. The molecule has 1 aliphatic heterocycles. The molecule has 0 aromatic heterocycles. The first-order valence-corrected chi connectivity index (χ1v) is 8.30. The van der Waals surface area contributed by atoms with Crippen LogP contribution < -0.4 is 10.0 Å². The molecule has 118 valence electrons. The summed E-state index contributed by atoms with van der Waals surface area (Å²) in [7, 11) is -3.54. The number of anilines is 1. The Balaban J connectivity index is 1.99. The van der Waals surface area contributed by atoms with Gasteiger partial charge in [0, 0.05) is 5.69 Å². The van der Waals surface area contributed by atoms with Crippen LogP contribution in [0.2, 0.25) is 0 Å². The Labute approximate surface area is 121 Å². The molecule has 2 N–H and O–H groups in total. The van der Waals surface area contributed by atoms with Gasteiger partial charge in [-0.2, -0.15) is 13.2 Å². The summed E-state index contributed by atoms with van der Waals surface area (Å²) in [6.45, 7) is 1.58. The summed E-state index contributed by atoms with van der Waals surface area (Å²) < 4.78 is 63.6. The molecule has 0 spiro atoms. The minimum Gasteiger partial charge on any atom is -0.317 e. The summed E-state index contributed by atoms with van der Waals surface area (Å²) in [5.74, 6) is 0.0774. The van der Waals surface area contributed by atoms with E-state index in [4.69, 9.17) is 0 Å². The standard InChI is InChI=1S/C13H17F3N2O2S/c14-13(15,16)11-1-3-12(4-2-11)18-21(19,20)9-10-5-7-17-8-6-10/h1-4,10,17-18H,5-9H2. The van der Waals surface area contributed by atoms with Crippen LogP contribution in [0.3, 0.4) is 0 Å². The average molecular weight is 322 g/mol. The number of sulfonamides is 1. The number of halogens is 3. The van der Waals surface area contributed by atoms with E-state index in [0.717, 1.165) is 50.2 Å². The van der Waals surface area contributed by atoms with Gasteiger partial charge in [-0.05, 0) is 56.1 Å². The highest BCUT2D eigenvalue weighted by Gasteiger charge is 2.30. The number of rotatable bonds is 4. The number of hydrogen-bond donors (Lipinski definition) is 2. The van der Waals surface area contributed by atoms with Gasteiger partial charge in [-0.15, -0.1) is 0 Å². The van der Waals surface area contributed by atoms with Crippen LogP contribution in [0.5, 0.6) is 0 Å². The molecule has 1 heterocycles. The first kappa shape index (κ1) is 16.1. The zero-order valence-corrected chi connectivity index (χ0v) is 12.1. The van der Waals surface area contributed by atoms with E-state index in [1.807, 2.05) is 0 Å². The van der Waals surface area contributed by atoms with E-state index < -0.39 is 21.8 Å². The number of alkyl halides is 3. The van der Waals surface area contributed by atoms with Crippen LogP contribution in [0.1, 0.15) is 18.4 Å². The van der Waals surface area contributed by atoms with Crippen molar-refractivity contribution >= 4 is 15.7 Å². The third kappa shape index (κ3) is 4.89. The summed E-state index contributed by atoms with van der Waals surface area (Å²) in [6, 6.07) is 3.98. The molecule has 8 heteroatoms. The van der Waals surface area contributed by atoms with Crippen LogP contribution in [-0.2, 0) is 16.2 Å². The first-order chi connectivity index (χ1) is 9.76. The monoisotopic (exact) mass is 322 g/mol. The van der Waals surface area contributed by atoms with Gasteiger partial charge in [0.25, 0.3) is 0 Å². The van der Waals surface area contributed by atoms with E-state index >= 15 is 0 Å². The average Bonchev–Trinajstić information content (AvgIpc) is 2.38. The molecule has 1 aromatic rings. The molecule has 1 aromatic carbocycles. The summed E-state index contributed by atoms with van der Waals surface area (Å²) >= 11 is 0. The summed E-state index contributed by atoms with van der Waals surface area (Å²) in [6.07, 6.45) is -2.85. The lowest BCUT2D eigenvalue weighted by Gasteiger charge is -2.22. The van der Waals surface area contributed by atoms with Gasteiger partial charge in [-0.1, -0.05) is 0 Å². The number of piperidine rings is 1. The van der Waals surface area contributed by atoms with Crippen LogP contribution in [-0.4, -0.2) is 27.3 Å². The maximum atomic E-state index is 12.4. The van der Waals surface area contributed by atoms with Crippen LogP contribution >= 0.6 is 0 Å². The summed E-state index contributed by atoms with van der Waals surface area (Å²) in [5, 5.41) is 3.15. The van der Waals surface area contributed by atoms with E-state index in [1.54, 1.807) is 0 Å². The lowest BCUT2D eigenvalue weighted by molar-refractivity contribution is -0.137. The molecule has 0 amide bonds. The van der Waals surface area contributed by atoms with Crippen LogP contribution in [0.4, 0.5) is 18.9 Å². The Morgan fingerprint density at radius 1 is 1.14 bits per heavy atom. The van der Waals surface area contributed by atoms with Gasteiger partial charge in [-0.25, -0.2) is 8.42 Å². The van der Waals surface area contributed by atoms with Gasteiger partial charge >= 0.3 is 6.18 Å². The topological polar surface area (TPSA) is 58.2 Å². The van der Waals surface area contributed by atoms with Crippen molar-refractivity contribution in [3.63, 3.8) is 0 Å². The minimum absolute atomic E-state index is 0.00426. The fourth-order valence-electron chi connectivity index (χ4n) is 2.31. The maximum absolute atomic E-state index is 12.4. The molecular weight excluding hydrogens is 305 g/mol. The third-order valence-corrected chi connectivity index (χ3v) is 4.86. The third-order valence-electron chi connectivity index (χ3n) is 3.40. The molecule has 0 atom stereocenters. The van der Waals surface area contributed by atoms with E-state index in [0.29, 0.717) is 0 Å². The predicted octanol–water partition coefficient (Wildman–Crippen LogP) is 2.45. The van der Waals surface area contributed by atoms with Gasteiger partial charge < -0.3 is 5.32 Å². The number of nitrogens with one attached hydrogen (secondary N) is 2. The fourth-order valence-corrected chi connectivity index (χ4v) is 3.84. The largest absolute Gasteiger partial charge is 0.416 e. The molecular formula is C13H17F3N2O2S. The Morgan fingerprint density at radius 2 is 1.71 bits per heavy atom. The summed E-state index contributed by atoms with van der Waals surface area (Å²) in [4.78, 5) is 0. The highest BCUT2D eigenvalue weighted by atomic mass is 32.2. The number of benzene rings is 1. The van der Waals surface area contributed by atoms with Crippen LogP contribution in [0.25, 0.3) is 0 Å². The van der Waals surface area contributed by atoms with Crippen LogP contribution in [0, 0.1) is 5.92 Å². The van der Waals surface area contributed by atoms with Gasteiger partial charge in [0.15, 0.2) is 0 Å². The molecule has 0 saturated carbocycles. The van der Waals surface area contributed by atoms with Crippen molar-refractivity contribution in [1.29, 1.82) is 0 Å². The van der Waals surface area contributed by atoms with Gasteiger partial charge in [0.05, 0.1) is 11.3 Å². The van der Waals surface area contributed by atoms with Gasteiger partial charge in [-0.3, -0.25) is 4.72 Å². The second kappa shape index (κ2) is 6.23. The van der Waals surface area contributed by atoms with Gasteiger partial charge in [0.1, 0.15) is 0 Å². The fraction of sp³-hybridized carbons (Fsp3) is 0.538. The molecule has 21 heavy (non-hydrogen) atoms. The van der Waals surface area contributed by atoms with Crippen molar-refractivity contribution in [1.82, 2.24) is 5.32 Å². The zero-order valence-electron chi connectivity index (χ0n) is 11.3. The Bertz CT molecular complexity index is 564. The van der Waals surface area contributed by atoms with E-state index in [9.17, 15) is 21.6 Å². The molecule has 2 rings (SSSR count). The SMILES string of the molecule is O=S(=O)(CC1CCNCC1)Nc1ccc(C(F)(F)F)cc1. The number of hydrogen-bond acceptors (Lipinski definition) is 3. The van der Waals surface area contributed by atoms with E-state index in [2.05, 4.69) is 10.0 Å². The predicted molar refractivity (Wildman–Crippen MR) is 74.4 cm³/mol. The zero-order chi connectivity index (χ0) is 15.5. The summed E-state index contributed by atoms with van der Waals surface area (Å²) in [5.41, 5.74) is -0.652. The molecule has 1 saturated heterocycles. The minimum atomic E-state index is -4.42. The lowest BCUT2D eigenvalue weighted by Crippen LogP contribution is -2.33. The second-order valence-corrected chi connectivity index (χ2v) is 6.92.